The van der Waals surface area contributed by atoms with Crippen LogP contribution in [-0.4, -0.2) is 64.9 Å². The monoisotopic (exact) mass is 379 g/mol. The van der Waals surface area contributed by atoms with E-state index >= 15 is 0 Å². The van der Waals surface area contributed by atoms with Crippen LogP contribution < -0.4 is 4.90 Å². The lowest BCUT2D eigenvalue weighted by Gasteiger charge is -2.21. The van der Waals surface area contributed by atoms with E-state index in [2.05, 4.69) is 44.0 Å². The second-order valence-corrected chi connectivity index (χ2v) is 7.79. The molecule has 3 heterocycles. The molecule has 0 N–H and O–H groups in total. The van der Waals surface area contributed by atoms with E-state index in [0.717, 1.165) is 69.3 Å². The molecule has 0 bridgehead atoms. The van der Waals surface area contributed by atoms with Crippen molar-refractivity contribution in [3.05, 3.63) is 42.2 Å². The number of amides is 1. The summed E-state index contributed by atoms with van der Waals surface area (Å²) in [5, 5.41) is 0. The second-order valence-electron chi connectivity index (χ2n) is 7.79. The molecule has 2 fully saturated rings. The van der Waals surface area contributed by atoms with Crippen LogP contribution in [0, 0.1) is 0 Å². The maximum absolute atomic E-state index is 11.6. The number of carbonyl (C=O) groups is 1. The van der Waals surface area contributed by atoms with Crippen molar-refractivity contribution >= 4 is 11.7 Å². The Hall–Kier alpha value is -2.47. The smallest absolute Gasteiger partial charge is 0.219 e. The highest BCUT2D eigenvalue weighted by molar-refractivity contribution is 5.73. The Morgan fingerprint density at radius 3 is 2.36 bits per heavy atom. The topological polar surface area (TPSA) is 52.6 Å². The van der Waals surface area contributed by atoms with Crippen LogP contribution in [0.2, 0.25) is 0 Å². The summed E-state index contributed by atoms with van der Waals surface area (Å²) in [6.45, 7) is 8.43. The van der Waals surface area contributed by atoms with Crippen molar-refractivity contribution in [2.75, 3.05) is 44.2 Å². The van der Waals surface area contributed by atoms with Crippen LogP contribution in [-0.2, 0) is 11.3 Å². The van der Waals surface area contributed by atoms with Crippen molar-refractivity contribution in [2.45, 2.75) is 32.7 Å². The van der Waals surface area contributed by atoms with Gasteiger partial charge in [0.1, 0.15) is 5.82 Å². The zero-order valence-corrected chi connectivity index (χ0v) is 16.7. The number of benzene rings is 1. The van der Waals surface area contributed by atoms with Crippen molar-refractivity contribution in [3.8, 4) is 11.3 Å². The van der Waals surface area contributed by atoms with E-state index in [9.17, 15) is 4.79 Å². The molecule has 6 heteroatoms. The Kier molecular flexibility index (Phi) is 5.86. The highest BCUT2D eigenvalue weighted by Crippen LogP contribution is 2.21. The lowest BCUT2D eigenvalue weighted by atomic mass is 10.1. The first-order chi connectivity index (χ1) is 13.7. The summed E-state index contributed by atoms with van der Waals surface area (Å²) in [5.41, 5.74) is 3.31. The molecule has 0 aliphatic carbocycles. The molecule has 1 amide bonds. The van der Waals surface area contributed by atoms with E-state index in [-0.39, 0.29) is 5.91 Å². The summed E-state index contributed by atoms with van der Waals surface area (Å²) in [4.78, 5) is 27.5. The van der Waals surface area contributed by atoms with E-state index in [4.69, 9.17) is 0 Å². The Morgan fingerprint density at radius 1 is 0.893 bits per heavy atom. The van der Waals surface area contributed by atoms with Crippen LogP contribution in [0.1, 0.15) is 31.7 Å². The SMILES string of the molecule is CC(=O)N1CCCN(Cc2ccc(-c3cnc(N4CCCC4)cn3)cc2)CC1. The molecular formula is C22H29N5O. The van der Waals surface area contributed by atoms with Gasteiger partial charge < -0.3 is 9.80 Å². The Morgan fingerprint density at radius 2 is 1.68 bits per heavy atom. The van der Waals surface area contributed by atoms with Crippen LogP contribution >= 0.6 is 0 Å². The zero-order valence-electron chi connectivity index (χ0n) is 16.7. The lowest BCUT2D eigenvalue weighted by Crippen LogP contribution is -2.33. The van der Waals surface area contributed by atoms with Crippen molar-refractivity contribution in [3.63, 3.8) is 0 Å². The first kappa shape index (κ1) is 18.9. The molecule has 2 aromatic rings. The highest BCUT2D eigenvalue weighted by Gasteiger charge is 2.17. The molecule has 0 saturated carbocycles. The molecule has 0 atom stereocenters. The van der Waals surface area contributed by atoms with Gasteiger partial charge >= 0.3 is 0 Å². The van der Waals surface area contributed by atoms with Crippen LogP contribution in [0.15, 0.2) is 36.7 Å². The Labute approximate surface area is 167 Å². The summed E-state index contributed by atoms with van der Waals surface area (Å²) in [7, 11) is 0. The molecule has 1 aromatic heterocycles. The van der Waals surface area contributed by atoms with Crippen LogP contribution in [0.25, 0.3) is 11.3 Å². The number of nitrogens with zero attached hydrogens (tertiary/aromatic N) is 5. The fourth-order valence-electron chi connectivity index (χ4n) is 4.06. The van der Waals surface area contributed by atoms with Crippen LogP contribution in [0.3, 0.4) is 0 Å². The number of carbonyl (C=O) groups excluding carboxylic acids is 1. The number of hydrogen-bond donors (Lipinski definition) is 0. The molecule has 1 aromatic carbocycles. The fraction of sp³-hybridized carbons (Fsp3) is 0.500. The van der Waals surface area contributed by atoms with Gasteiger partial charge in [-0.2, -0.15) is 0 Å². The molecule has 28 heavy (non-hydrogen) atoms. The van der Waals surface area contributed by atoms with Gasteiger partial charge in [0.2, 0.25) is 5.91 Å². The molecule has 0 radical (unpaired) electrons. The summed E-state index contributed by atoms with van der Waals surface area (Å²) < 4.78 is 0. The van der Waals surface area contributed by atoms with E-state index < -0.39 is 0 Å². The third kappa shape index (κ3) is 4.50. The van der Waals surface area contributed by atoms with Crippen LogP contribution in [0.5, 0.6) is 0 Å². The summed E-state index contributed by atoms with van der Waals surface area (Å²) in [6, 6.07) is 8.63. The minimum absolute atomic E-state index is 0.183. The molecule has 2 aliphatic heterocycles. The summed E-state index contributed by atoms with van der Waals surface area (Å²) in [5.74, 6) is 1.17. The standard InChI is InChI=1S/C22H29N5O/c1-18(28)26-12-4-9-25(13-14-26)17-19-5-7-20(8-6-19)21-15-24-22(16-23-21)27-10-2-3-11-27/h5-8,15-16H,2-4,9-14,17H2,1H3. The first-order valence-electron chi connectivity index (χ1n) is 10.3. The van der Waals surface area contributed by atoms with Gasteiger partial charge in [0, 0.05) is 58.3 Å². The highest BCUT2D eigenvalue weighted by atomic mass is 16.2. The molecule has 6 nitrogen and oxygen atoms in total. The van der Waals surface area contributed by atoms with E-state index in [0.29, 0.717) is 0 Å². The Bertz CT molecular complexity index is 784. The van der Waals surface area contributed by atoms with Crippen molar-refractivity contribution in [1.29, 1.82) is 0 Å². The second kappa shape index (κ2) is 8.69. The van der Waals surface area contributed by atoms with E-state index in [1.54, 1.807) is 6.92 Å². The van der Waals surface area contributed by atoms with Gasteiger partial charge in [-0.1, -0.05) is 24.3 Å². The third-order valence-electron chi connectivity index (χ3n) is 5.76. The molecule has 2 aliphatic rings. The van der Waals surface area contributed by atoms with Gasteiger partial charge in [-0.05, 0) is 24.8 Å². The van der Waals surface area contributed by atoms with Crippen molar-refractivity contribution < 1.29 is 4.79 Å². The normalized spacial score (nSPS) is 18.3. The van der Waals surface area contributed by atoms with Crippen molar-refractivity contribution in [2.24, 2.45) is 0 Å². The average molecular weight is 380 g/mol. The summed E-state index contributed by atoms with van der Waals surface area (Å²) in [6.07, 6.45) is 7.31. The van der Waals surface area contributed by atoms with E-state index in [1.807, 2.05) is 17.3 Å². The number of anilines is 1. The molecule has 2 saturated heterocycles. The largest absolute Gasteiger partial charge is 0.355 e. The lowest BCUT2D eigenvalue weighted by molar-refractivity contribution is -0.128. The molecule has 4 rings (SSSR count). The van der Waals surface area contributed by atoms with Gasteiger partial charge in [0.25, 0.3) is 0 Å². The molecule has 0 spiro atoms. The average Bonchev–Trinajstić information content (AvgIpc) is 3.15. The number of aromatic nitrogens is 2. The predicted molar refractivity (Wildman–Crippen MR) is 111 cm³/mol. The minimum Gasteiger partial charge on any atom is -0.355 e. The minimum atomic E-state index is 0.183. The van der Waals surface area contributed by atoms with Gasteiger partial charge in [-0.25, -0.2) is 4.98 Å². The number of hydrogen-bond acceptors (Lipinski definition) is 5. The first-order valence-corrected chi connectivity index (χ1v) is 10.3. The third-order valence-corrected chi connectivity index (χ3v) is 5.76. The zero-order chi connectivity index (χ0) is 19.3. The van der Waals surface area contributed by atoms with Crippen molar-refractivity contribution in [1.82, 2.24) is 19.8 Å². The van der Waals surface area contributed by atoms with Crippen LogP contribution in [0.4, 0.5) is 5.82 Å². The van der Waals surface area contributed by atoms with Gasteiger partial charge in [-0.3, -0.25) is 14.7 Å². The van der Waals surface area contributed by atoms with Gasteiger partial charge in [0.15, 0.2) is 0 Å². The summed E-state index contributed by atoms with van der Waals surface area (Å²) >= 11 is 0. The van der Waals surface area contributed by atoms with E-state index in [1.165, 1.54) is 18.4 Å². The molecular weight excluding hydrogens is 350 g/mol. The fourth-order valence-corrected chi connectivity index (χ4v) is 4.06. The quantitative estimate of drug-likeness (QED) is 0.818. The Balaban J connectivity index is 1.36. The maximum atomic E-state index is 11.6. The number of rotatable bonds is 4. The molecule has 148 valence electrons. The maximum Gasteiger partial charge on any atom is 0.219 e. The predicted octanol–water partition coefficient (Wildman–Crippen LogP) is 2.80. The molecule has 0 unspecified atom stereocenters. The van der Waals surface area contributed by atoms with Gasteiger partial charge in [-0.15, -0.1) is 0 Å². The van der Waals surface area contributed by atoms with Gasteiger partial charge in [0.05, 0.1) is 18.1 Å².